The van der Waals surface area contributed by atoms with Crippen molar-refractivity contribution in [2.24, 2.45) is 11.8 Å². The molecule has 1 aliphatic heterocycles. The van der Waals surface area contributed by atoms with Gasteiger partial charge in [-0.25, -0.2) is 0 Å². The summed E-state index contributed by atoms with van der Waals surface area (Å²) in [6, 6.07) is 0. The van der Waals surface area contributed by atoms with E-state index in [2.05, 4.69) is 41.5 Å². The van der Waals surface area contributed by atoms with Crippen molar-refractivity contribution in [1.29, 1.82) is 0 Å². The molecule has 83 valence electrons. The average molecular weight is 198 g/mol. The predicted molar refractivity (Wildman–Crippen MR) is 58.2 cm³/mol. The van der Waals surface area contributed by atoms with Gasteiger partial charge in [0.1, 0.15) is 0 Å². The fraction of sp³-hybridized carbons (Fsp3) is 1.00. The molecule has 1 fully saturated rings. The Hall–Kier alpha value is -0.0800. The summed E-state index contributed by atoms with van der Waals surface area (Å²) in [6.45, 7) is 12.7. The summed E-state index contributed by atoms with van der Waals surface area (Å²) in [5.74, 6) is 1.12. The Morgan fingerprint density at radius 1 is 1.21 bits per heavy atom. The molecule has 1 aliphatic rings. The standard InChI is InChI=1S/C12H24NO/c1-9(2)10-7-8-11(3,4)13(14)12(10,5)6/h9-10H,7-8H2,1-6H3. The Morgan fingerprint density at radius 3 is 2.14 bits per heavy atom. The van der Waals surface area contributed by atoms with Gasteiger partial charge in [0.25, 0.3) is 0 Å². The molecular formula is C12H24NO. The number of rotatable bonds is 1. The second-order valence-corrected chi connectivity index (χ2v) is 6.15. The lowest BCUT2D eigenvalue weighted by molar-refractivity contribution is -0.304. The van der Waals surface area contributed by atoms with Crippen LogP contribution in [-0.2, 0) is 5.21 Å². The lowest BCUT2D eigenvalue weighted by Crippen LogP contribution is -2.61. The largest absolute Gasteiger partial charge is 0.144 e. The summed E-state index contributed by atoms with van der Waals surface area (Å²) >= 11 is 0. The van der Waals surface area contributed by atoms with Crippen LogP contribution in [0.15, 0.2) is 0 Å². The van der Waals surface area contributed by atoms with Crippen LogP contribution in [0.2, 0.25) is 0 Å². The molecule has 1 radical (unpaired) electrons. The third-order valence-corrected chi connectivity index (χ3v) is 3.85. The van der Waals surface area contributed by atoms with Crippen LogP contribution in [0, 0.1) is 11.8 Å². The molecule has 1 rings (SSSR count). The first kappa shape index (κ1) is 12.0. The van der Waals surface area contributed by atoms with E-state index >= 15 is 0 Å². The van der Waals surface area contributed by atoms with Crippen molar-refractivity contribution in [3.05, 3.63) is 0 Å². The molecule has 14 heavy (non-hydrogen) atoms. The first-order chi connectivity index (χ1) is 6.19. The van der Waals surface area contributed by atoms with Crippen LogP contribution in [0.4, 0.5) is 0 Å². The third kappa shape index (κ3) is 1.82. The molecule has 0 spiro atoms. The van der Waals surface area contributed by atoms with Gasteiger partial charge >= 0.3 is 0 Å². The van der Waals surface area contributed by atoms with E-state index in [1.807, 2.05) is 0 Å². The molecule has 0 aromatic heterocycles. The van der Waals surface area contributed by atoms with Gasteiger partial charge in [0.05, 0.1) is 0 Å². The van der Waals surface area contributed by atoms with E-state index < -0.39 is 0 Å². The number of nitrogens with zero attached hydrogens (tertiary/aromatic N) is 1. The maximum Gasteiger partial charge on any atom is 0.0474 e. The SMILES string of the molecule is CC(C)C1CCC(C)(C)N([O])C1(C)C. The predicted octanol–water partition coefficient (Wildman–Crippen LogP) is 3.26. The Balaban J connectivity index is 2.91. The zero-order chi connectivity index (χ0) is 11.1. The van der Waals surface area contributed by atoms with Gasteiger partial charge in [0.2, 0.25) is 0 Å². The summed E-state index contributed by atoms with van der Waals surface area (Å²) in [5, 5.41) is 13.5. The van der Waals surface area contributed by atoms with Crippen LogP contribution >= 0.6 is 0 Å². The Kier molecular flexibility index (Phi) is 2.99. The van der Waals surface area contributed by atoms with Gasteiger partial charge in [-0.05, 0) is 52.4 Å². The lowest BCUT2D eigenvalue weighted by Gasteiger charge is -2.52. The molecule has 1 atom stereocenters. The highest BCUT2D eigenvalue weighted by Gasteiger charge is 2.48. The van der Waals surface area contributed by atoms with Crippen molar-refractivity contribution in [1.82, 2.24) is 5.06 Å². The monoisotopic (exact) mass is 198 g/mol. The van der Waals surface area contributed by atoms with Gasteiger partial charge in [0.15, 0.2) is 0 Å². The van der Waals surface area contributed by atoms with Gasteiger partial charge in [-0.1, -0.05) is 13.8 Å². The van der Waals surface area contributed by atoms with Crippen LogP contribution in [-0.4, -0.2) is 16.1 Å². The minimum Gasteiger partial charge on any atom is -0.144 e. The van der Waals surface area contributed by atoms with Gasteiger partial charge in [-0.2, -0.15) is 0 Å². The van der Waals surface area contributed by atoms with E-state index in [1.54, 1.807) is 0 Å². The molecule has 2 nitrogen and oxygen atoms in total. The van der Waals surface area contributed by atoms with Gasteiger partial charge in [-0.15, -0.1) is 10.3 Å². The van der Waals surface area contributed by atoms with E-state index in [1.165, 1.54) is 11.5 Å². The first-order valence-corrected chi connectivity index (χ1v) is 5.67. The first-order valence-electron chi connectivity index (χ1n) is 5.67. The van der Waals surface area contributed by atoms with Crippen LogP contribution in [0.5, 0.6) is 0 Å². The molecule has 0 aliphatic carbocycles. The van der Waals surface area contributed by atoms with E-state index in [0.29, 0.717) is 11.8 Å². The number of hydrogen-bond donors (Lipinski definition) is 0. The lowest BCUT2D eigenvalue weighted by atomic mass is 9.69. The summed E-state index contributed by atoms with van der Waals surface area (Å²) in [4.78, 5) is 0. The summed E-state index contributed by atoms with van der Waals surface area (Å²) < 4.78 is 0. The van der Waals surface area contributed by atoms with Crippen LogP contribution in [0.1, 0.15) is 54.4 Å². The topological polar surface area (TPSA) is 23.1 Å². The highest BCUT2D eigenvalue weighted by molar-refractivity contribution is 4.98. The molecular weight excluding hydrogens is 174 g/mol. The maximum absolute atomic E-state index is 12.2. The smallest absolute Gasteiger partial charge is 0.0474 e. The highest BCUT2D eigenvalue weighted by atomic mass is 16.5. The Bertz CT molecular complexity index is 204. The molecule has 2 heteroatoms. The van der Waals surface area contributed by atoms with Crippen molar-refractivity contribution >= 4 is 0 Å². The van der Waals surface area contributed by atoms with E-state index in [4.69, 9.17) is 0 Å². The quantitative estimate of drug-likeness (QED) is 0.634. The second-order valence-electron chi connectivity index (χ2n) is 6.15. The zero-order valence-corrected chi connectivity index (χ0v) is 10.4. The zero-order valence-electron chi connectivity index (χ0n) is 10.4. The van der Waals surface area contributed by atoms with Gasteiger partial charge < -0.3 is 0 Å². The van der Waals surface area contributed by atoms with E-state index in [-0.39, 0.29) is 11.1 Å². The van der Waals surface area contributed by atoms with Crippen molar-refractivity contribution < 1.29 is 5.21 Å². The summed E-state index contributed by atoms with van der Waals surface area (Å²) in [5.41, 5.74) is -0.398. The summed E-state index contributed by atoms with van der Waals surface area (Å²) in [6.07, 6.45) is 2.19. The van der Waals surface area contributed by atoms with Crippen LogP contribution in [0.25, 0.3) is 0 Å². The van der Waals surface area contributed by atoms with Gasteiger partial charge in [0, 0.05) is 11.1 Å². The average Bonchev–Trinajstić information content (AvgIpc) is 1.99. The van der Waals surface area contributed by atoms with Crippen molar-refractivity contribution in [2.45, 2.75) is 65.5 Å². The minimum atomic E-state index is -0.212. The molecule has 0 amide bonds. The Morgan fingerprint density at radius 2 is 1.71 bits per heavy atom. The fourth-order valence-corrected chi connectivity index (χ4v) is 3.04. The molecule has 1 saturated heterocycles. The normalized spacial score (nSPS) is 32.1. The molecule has 1 heterocycles. The fourth-order valence-electron chi connectivity index (χ4n) is 3.04. The van der Waals surface area contributed by atoms with Crippen molar-refractivity contribution in [3.63, 3.8) is 0 Å². The second kappa shape index (κ2) is 3.49. The van der Waals surface area contributed by atoms with Crippen molar-refractivity contribution in [3.8, 4) is 0 Å². The number of hydroxylamine groups is 2. The van der Waals surface area contributed by atoms with E-state index in [0.717, 1.165) is 6.42 Å². The number of hydrogen-bond acceptors (Lipinski definition) is 1. The third-order valence-electron chi connectivity index (χ3n) is 3.85. The Labute approximate surface area is 88.3 Å². The summed E-state index contributed by atoms with van der Waals surface area (Å²) in [7, 11) is 0. The van der Waals surface area contributed by atoms with Crippen molar-refractivity contribution in [2.75, 3.05) is 0 Å². The molecule has 1 unspecified atom stereocenters. The molecule has 0 saturated carbocycles. The maximum atomic E-state index is 12.2. The van der Waals surface area contributed by atoms with Crippen LogP contribution in [0.3, 0.4) is 0 Å². The van der Waals surface area contributed by atoms with E-state index in [9.17, 15) is 5.21 Å². The minimum absolute atomic E-state index is 0.186. The highest BCUT2D eigenvalue weighted by Crippen LogP contribution is 2.43. The number of piperidine rings is 1. The molecule has 0 aromatic carbocycles. The van der Waals surface area contributed by atoms with Gasteiger partial charge in [-0.3, -0.25) is 0 Å². The molecule has 0 N–H and O–H groups in total. The van der Waals surface area contributed by atoms with Crippen LogP contribution < -0.4 is 0 Å². The molecule has 0 bridgehead atoms. The molecule has 0 aromatic rings.